The van der Waals surface area contributed by atoms with E-state index in [0.717, 1.165) is 11.1 Å². The smallest absolute Gasteiger partial charge is 0.254 e. The summed E-state index contributed by atoms with van der Waals surface area (Å²) in [6.07, 6.45) is 1.61. The summed E-state index contributed by atoms with van der Waals surface area (Å²) in [5.41, 5.74) is 1.66. The molecule has 1 aliphatic rings. The van der Waals surface area contributed by atoms with Crippen LogP contribution in [-0.4, -0.2) is 22.9 Å². The molecule has 3 nitrogen and oxygen atoms in total. The molecule has 0 N–H and O–H groups in total. The summed E-state index contributed by atoms with van der Waals surface area (Å²) in [6, 6.07) is 14.9. The van der Waals surface area contributed by atoms with Crippen molar-refractivity contribution >= 4 is 47.1 Å². The second-order valence-corrected chi connectivity index (χ2v) is 6.57. The molecule has 0 aliphatic carbocycles. The van der Waals surface area contributed by atoms with Crippen LogP contribution in [0.2, 0.25) is 10.0 Å². The Morgan fingerprint density at radius 1 is 1.09 bits per heavy atom. The van der Waals surface area contributed by atoms with Gasteiger partial charge in [0.05, 0.1) is 12.0 Å². The van der Waals surface area contributed by atoms with E-state index in [1.54, 1.807) is 12.3 Å². The van der Waals surface area contributed by atoms with Crippen molar-refractivity contribution < 1.29 is 4.79 Å². The zero-order valence-electron chi connectivity index (χ0n) is 11.4. The van der Waals surface area contributed by atoms with Crippen LogP contribution in [0.5, 0.6) is 0 Å². The number of carbonyl (C=O) groups is 1. The summed E-state index contributed by atoms with van der Waals surface area (Å²) in [4.78, 5) is 12.1. The first-order chi connectivity index (χ1) is 10.7. The Hall–Kier alpha value is -1.49. The maximum atomic E-state index is 12.1. The van der Waals surface area contributed by atoms with Gasteiger partial charge in [0, 0.05) is 21.2 Å². The Kier molecular flexibility index (Phi) is 4.71. The molecular weight excluding hydrogens is 339 g/mol. The predicted molar refractivity (Wildman–Crippen MR) is 92.5 cm³/mol. The normalized spacial score (nSPS) is 18.4. The molecule has 6 heteroatoms. The lowest BCUT2D eigenvalue weighted by Gasteiger charge is -2.19. The number of hydrogen-bond donors (Lipinski definition) is 0. The Morgan fingerprint density at radius 3 is 2.50 bits per heavy atom. The molecule has 1 heterocycles. The van der Waals surface area contributed by atoms with Crippen molar-refractivity contribution in [1.29, 1.82) is 0 Å². The van der Waals surface area contributed by atoms with Crippen molar-refractivity contribution in [3.05, 3.63) is 69.7 Å². The van der Waals surface area contributed by atoms with E-state index in [4.69, 9.17) is 23.2 Å². The highest BCUT2D eigenvalue weighted by Crippen LogP contribution is 2.41. The lowest BCUT2D eigenvalue weighted by atomic mass is 10.2. The van der Waals surface area contributed by atoms with E-state index in [0.29, 0.717) is 15.8 Å². The molecular formula is C16H12Cl2N2OS. The number of nitrogens with zero attached hydrogens (tertiary/aromatic N) is 2. The quantitative estimate of drug-likeness (QED) is 0.757. The van der Waals surface area contributed by atoms with Gasteiger partial charge in [-0.05, 0) is 12.1 Å². The number of amides is 1. The van der Waals surface area contributed by atoms with Crippen molar-refractivity contribution in [2.45, 2.75) is 5.37 Å². The lowest BCUT2D eigenvalue weighted by Crippen LogP contribution is -2.22. The van der Waals surface area contributed by atoms with Gasteiger partial charge in [-0.2, -0.15) is 5.10 Å². The fraction of sp³-hybridized carbons (Fsp3) is 0.125. The summed E-state index contributed by atoms with van der Waals surface area (Å²) < 4.78 is 0. The zero-order chi connectivity index (χ0) is 15.5. The van der Waals surface area contributed by atoms with E-state index in [2.05, 4.69) is 5.10 Å². The van der Waals surface area contributed by atoms with Gasteiger partial charge in [-0.1, -0.05) is 59.6 Å². The van der Waals surface area contributed by atoms with E-state index in [9.17, 15) is 4.79 Å². The van der Waals surface area contributed by atoms with Crippen LogP contribution in [0.3, 0.4) is 0 Å². The van der Waals surface area contributed by atoms with Crippen LogP contribution < -0.4 is 0 Å². The van der Waals surface area contributed by atoms with Crippen LogP contribution >= 0.6 is 35.0 Å². The molecule has 3 rings (SSSR count). The minimum Gasteiger partial charge on any atom is -0.272 e. The molecule has 22 heavy (non-hydrogen) atoms. The van der Waals surface area contributed by atoms with Gasteiger partial charge in [-0.15, -0.1) is 11.8 Å². The summed E-state index contributed by atoms with van der Waals surface area (Å²) in [5, 5.41) is 6.82. The number of hydrogen-bond acceptors (Lipinski definition) is 3. The molecule has 0 radical (unpaired) electrons. The van der Waals surface area contributed by atoms with Gasteiger partial charge in [-0.3, -0.25) is 4.79 Å². The molecule has 1 aliphatic heterocycles. The van der Waals surface area contributed by atoms with Crippen molar-refractivity contribution in [3.63, 3.8) is 0 Å². The van der Waals surface area contributed by atoms with Crippen molar-refractivity contribution in [1.82, 2.24) is 5.01 Å². The average molecular weight is 351 g/mol. The summed E-state index contributed by atoms with van der Waals surface area (Å²) in [6.45, 7) is 0. The molecule has 1 amide bonds. The van der Waals surface area contributed by atoms with Crippen LogP contribution in [-0.2, 0) is 4.79 Å². The highest BCUT2D eigenvalue weighted by atomic mass is 35.5. The highest BCUT2D eigenvalue weighted by molar-refractivity contribution is 8.00. The molecule has 0 bridgehead atoms. The molecule has 112 valence electrons. The summed E-state index contributed by atoms with van der Waals surface area (Å²) >= 11 is 13.8. The van der Waals surface area contributed by atoms with Gasteiger partial charge in [0.2, 0.25) is 0 Å². The average Bonchev–Trinajstić information content (AvgIpc) is 2.88. The third kappa shape index (κ3) is 3.14. The van der Waals surface area contributed by atoms with Crippen molar-refractivity contribution in [3.8, 4) is 0 Å². The zero-order valence-corrected chi connectivity index (χ0v) is 13.8. The summed E-state index contributed by atoms with van der Waals surface area (Å²) in [5.74, 6) is 0.341. The van der Waals surface area contributed by atoms with Gasteiger partial charge in [0.1, 0.15) is 5.37 Å². The molecule has 0 aromatic heterocycles. The van der Waals surface area contributed by atoms with Gasteiger partial charge < -0.3 is 0 Å². The second-order valence-electron chi connectivity index (χ2n) is 4.69. The van der Waals surface area contributed by atoms with Crippen LogP contribution in [0, 0.1) is 0 Å². The standard InChI is InChI=1S/C16H12Cl2N2OS/c17-13-7-3-1-5-11(13)9-19-20-15(21)10-22-16(20)12-6-2-4-8-14(12)18/h1-9,16H,10H2/b19-9+. The van der Waals surface area contributed by atoms with Crippen LogP contribution in [0.25, 0.3) is 0 Å². The highest BCUT2D eigenvalue weighted by Gasteiger charge is 2.33. The first-order valence-electron chi connectivity index (χ1n) is 6.63. The van der Waals surface area contributed by atoms with Crippen LogP contribution in [0.4, 0.5) is 0 Å². The van der Waals surface area contributed by atoms with E-state index in [1.165, 1.54) is 16.8 Å². The number of rotatable bonds is 3. The van der Waals surface area contributed by atoms with Crippen molar-refractivity contribution in [2.75, 3.05) is 5.75 Å². The van der Waals surface area contributed by atoms with E-state index in [1.807, 2.05) is 42.5 Å². The lowest BCUT2D eigenvalue weighted by molar-refractivity contribution is -0.128. The Bertz CT molecular complexity index is 736. The molecule has 0 saturated carbocycles. The minimum atomic E-state index is -0.208. The van der Waals surface area contributed by atoms with Gasteiger partial charge >= 0.3 is 0 Å². The van der Waals surface area contributed by atoms with Crippen molar-refractivity contribution in [2.24, 2.45) is 5.10 Å². The Balaban J connectivity index is 1.89. The Labute approximate surface area is 142 Å². The van der Waals surface area contributed by atoms with E-state index in [-0.39, 0.29) is 11.3 Å². The van der Waals surface area contributed by atoms with Crippen LogP contribution in [0.1, 0.15) is 16.5 Å². The topological polar surface area (TPSA) is 32.7 Å². The number of benzene rings is 2. The fourth-order valence-corrected chi connectivity index (χ4v) is 3.76. The number of hydrazone groups is 1. The molecule has 0 spiro atoms. The number of thioether (sulfide) groups is 1. The van der Waals surface area contributed by atoms with Gasteiger partial charge in [0.15, 0.2) is 0 Å². The number of carbonyl (C=O) groups excluding carboxylic acids is 1. The maximum Gasteiger partial charge on any atom is 0.254 e. The molecule has 1 saturated heterocycles. The number of halogens is 2. The molecule has 2 aromatic carbocycles. The molecule has 2 aromatic rings. The Morgan fingerprint density at radius 2 is 1.77 bits per heavy atom. The maximum absolute atomic E-state index is 12.1. The van der Waals surface area contributed by atoms with E-state index >= 15 is 0 Å². The third-order valence-corrected chi connectivity index (χ3v) is 5.11. The minimum absolute atomic E-state index is 0.0433. The molecule has 1 atom stereocenters. The third-order valence-electron chi connectivity index (χ3n) is 3.24. The fourth-order valence-electron chi connectivity index (χ4n) is 2.14. The predicted octanol–water partition coefficient (Wildman–Crippen LogP) is 4.60. The van der Waals surface area contributed by atoms with Gasteiger partial charge in [-0.25, -0.2) is 5.01 Å². The monoisotopic (exact) mass is 350 g/mol. The largest absolute Gasteiger partial charge is 0.272 e. The molecule has 1 fully saturated rings. The van der Waals surface area contributed by atoms with E-state index < -0.39 is 0 Å². The first-order valence-corrected chi connectivity index (χ1v) is 8.44. The van der Waals surface area contributed by atoms with Gasteiger partial charge in [0.25, 0.3) is 5.91 Å². The first kappa shape index (κ1) is 15.4. The summed E-state index contributed by atoms with van der Waals surface area (Å²) in [7, 11) is 0. The van der Waals surface area contributed by atoms with Crippen LogP contribution in [0.15, 0.2) is 53.6 Å². The molecule has 1 unspecified atom stereocenters. The SMILES string of the molecule is O=C1CSC(c2ccccc2Cl)N1/N=C/c1ccccc1Cl. The second kappa shape index (κ2) is 6.73.